The molecule has 5 heteroatoms. The summed E-state index contributed by atoms with van der Waals surface area (Å²) in [6.07, 6.45) is 1.93. The molecule has 0 aliphatic carbocycles. The molecule has 0 aliphatic heterocycles. The van der Waals surface area contributed by atoms with Crippen molar-refractivity contribution in [2.24, 2.45) is 0 Å². The average Bonchev–Trinajstić information content (AvgIpc) is 3.06. The van der Waals surface area contributed by atoms with Gasteiger partial charge in [-0.25, -0.2) is 4.98 Å². The maximum atomic E-state index is 11.5. The number of benzene rings is 2. The van der Waals surface area contributed by atoms with Crippen molar-refractivity contribution in [3.05, 3.63) is 59.9 Å². The Balaban J connectivity index is 1.64. The van der Waals surface area contributed by atoms with Gasteiger partial charge in [-0.3, -0.25) is 4.79 Å². The van der Waals surface area contributed by atoms with E-state index in [0.717, 1.165) is 42.0 Å². The van der Waals surface area contributed by atoms with Crippen LogP contribution in [0.3, 0.4) is 0 Å². The van der Waals surface area contributed by atoms with Crippen molar-refractivity contribution >= 4 is 16.9 Å². The van der Waals surface area contributed by atoms with Crippen LogP contribution < -0.4 is 10.1 Å². The van der Waals surface area contributed by atoms with Crippen molar-refractivity contribution < 1.29 is 9.53 Å². The number of carbonyl (C=O) groups is 1. The number of rotatable bonds is 9. The summed E-state index contributed by atoms with van der Waals surface area (Å²) in [5, 5.41) is 2.95. The summed E-state index contributed by atoms with van der Waals surface area (Å²) in [6, 6.07) is 16.3. The molecule has 1 atom stereocenters. The number of aromatic nitrogens is 2. The fourth-order valence-corrected chi connectivity index (χ4v) is 3.67. The van der Waals surface area contributed by atoms with Crippen LogP contribution in [-0.2, 0) is 11.3 Å². The molecule has 0 spiro atoms. The summed E-state index contributed by atoms with van der Waals surface area (Å²) >= 11 is 0. The number of nitrogens with zero attached hydrogens (tertiary/aromatic N) is 2. The lowest BCUT2D eigenvalue weighted by atomic mass is 10.0. The highest BCUT2D eigenvalue weighted by Crippen LogP contribution is 2.26. The van der Waals surface area contributed by atoms with Crippen LogP contribution in [0.2, 0.25) is 0 Å². The zero-order valence-corrected chi connectivity index (χ0v) is 17.8. The van der Waals surface area contributed by atoms with Crippen molar-refractivity contribution in [1.82, 2.24) is 14.9 Å². The van der Waals surface area contributed by atoms with Crippen molar-refractivity contribution in [1.29, 1.82) is 0 Å². The quantitative estimate of drug-likeness (QED) is 0.507. The van der Waals surface area contributed by atoms with E-state index in [-0.39, 0.29) is 11.9 Å². The van der Waals surface area contributed by atoms with Crippen LogP contribution in [0.25, 0.3) is 11.0 Å². The van der Waals surface area contributed by atoms with Crippen LogP contribution in [0.4, 0.5) is 0 Å². The summed E-state index contributed by atoms with van der Waals surface area (Å²) in [5.41, 5.74) is 3.31. The molecule has 1 N–H and O–H groups in total. The van der Waals surface area contributed by atoms with E-state index in [0.29, 0.717) is 12.5 Å². The first-order chi connectivity index (χ1) is 14.0. The molecule has 0 bridgehead atoms. The molecule has 0 saturated heterocycles. The normalized spacial score (nSPS) is 12.3. The van der Waals surface area contributed by atoms with Gasteiger partial charge < -0.3 is 14.6 Å². The molecule has 0 saturated carbocycles. The van der Waals surface area contributed by atoms with Crippen LogP contribution in [-0.4, -0.2) is 22.1 Å². The molecular weight excluding hydrogens is 362 g/mol. The summed E-state index contributed by atoms with van der Waals surface area (Å²) in [4.78, 5) is 16.3. The van der Waals surface area contributed by atoms with E-state index in [2.05, 4.69) is 41.9 Å². The lowest BCUT2D eigenvalue weighted by Crippen LogP contribution is -2.26. The Hall–Kier alpha value is -2.82. The molecule has 5 nitrogen and oxygen atoms in total. The predicted molar refractivity (Wildman–Crippen MR) is 117 cm³/mol. The van der Waals surface area contributed by atoms with E-state index in [1.54, 1.807) is 0 Å². The molecule has 154 valence electrons. The fraction of sp³-hybridized carbons (Fsp3) is 0.417. The highest BCUT2D eigenvalue weighted by atomic mass is 16.5. The third-order valence-electron chi connectivity index (χ3n) is 5.07. The summed E-state index contributed by atoms with van der Waals surface area (Å²) in [6.45, 7) is 9.41. The second-order valence-electron chi connectivity index (χ2n) is 7.78. The standard InChI is InChI=1S/C24H31N3O2/c1-17(2)20-11-5-8-14-23(20)29-16-10-9-15-27-22-13-7-6-12-21(22)26-24(27)18(3)25-19(4)28/h5-8,11-14,17-18H,9-10,15-16H2,1-4H3,(H,25,28). The van der Waals surface area contributed by atoms with E-state index >= 15 is 0 Å². The van der Waals surface area contributed by atoms with Gasteiger partial charge in [0.15, 0.2) is 0 Å². The van der Waals surface area contributed by atoms with Gasteiger partial charge in [0.05, 0.1) is 23.7 Å². The number of para-hydroxylation sites is 3. The lowest BCUT2D eigenvalue weighted by molar-refractivity contribution is -0.119. The van der Waals surface area contributed by atoms with Crippen molar-refractivity contribution in [2.75, 3.05) is 6.61 Å². The maximum absolute atomic E-state index is 11.5. The topological polar surface area (TPSA) is 56.2 Å². The number of unbranched alkanes of at least 4 members (excludes halogenated alkanes) is 1. The maximum Gasteiger partial charge on any atom is 0.217 e. The zero-order chi connectivity index (χ0) is 20.8. The van der Waals surface area contributed by atoms with Crippen LogP contribution in [0, 0.1) is 0 Å². The molecule has 0 aliphatic rings. The number of carbonyl (C=O) groups excluding carboxylic acids is 1. The first kappa shape index (κ1) is 20.9. The minimum atomic E-state index is -0.130. The zero-order valence-electron chi connectivity index (χ0n) is 17.8. The van der Waals surface area contributed by atoms with E-state index in [9.17, 15) is 4.79 Å². The van der Waals surface area contributed by atoms with E-state index in [4.69, 9.17) is 9.72 Å². The number of amides is 1. The summed E-state index contributed by atoms with van der Waals surface area (Å²) < 4.78 is 8.27. The Kier molecular flexibility index (Phi) is 6.91. The van der Waals surface area contributed by atoms with Crippen molar-refractivity contribution in [2.45, 2.75) is 59.0 Å². The molecule has 1 heterocycles. The second kappa shape index (κ2) is 9.59. The highest BCUT2D eigenvalue weighted by Gasteiger charge is 2.17. The second-order valence-corrected chi connectivity index (χ2v) is 7.78. The summed E-state index contributed by atoms with van der Waals surface area (Å²) in [5.74, 6) is 2.28. The van der Waals surface area contributed by atoms with E-state index in [1.807, 2.05) is 37.3 Å². The van der Waals surface area contributed by atoms with Gasteiger partial charge in [-0.05, 0) is 49.4 Å². The van der Waals surface area contributed by atoms with Gasteiger partial charge in [0.2, 0.25) is 5.91 Å². The van der Waals surface area contributed by atoms with Gasteiger partial charge in [0, 0.05) is 13.5 Å². The Bertz CT molecular complexity index is 962. The molecule has 0 radical (unpaired) electrons. The molecule has 3 aromatic rings. The SMILES string of the molecule is CC(=O)NC(C)c1nc2ccccc2n1CCCCOc1ccccc1C(C)C. The molecule has 1 aromatic heterocycles. The lowest BCUT2D eigenvalue weighted by Gasteiger charge is -2.16. The Morgan fingerprint density at radius 3 is 2.55 bits per heavy atom. The minimum Gasteiger partial charge on any atom is -0.493 e. The van der Waals surface area contributed by atoms with Gasteiger partial charge in [0.25, 0.3) is 0 Å². The third-order valence-corrected chi connectivity index (χ3v) is 5.07. The number of imidazole rings is 1. The fourth-order valence-electron chi connectivity index (χ4n) is 3.67. The van der Waals surface area contributed by atoms with Crippen molar-refractivity contribution in [3.8, 4) is 5.75 Å². The smallest absolute Gasteiger partial charge is 0.217 e. The number of hydrogen-bond donors (Lipinski definition) is 1. The minimum absolute atomic E-state index is 0.0478. The van der Waals surface area contributed by atoms with E-state index in [1.165, 1.54) is 12.5 Å². The van der Waals surface area contributed by atoms with Gasteiger partial charge in [0.1, 0.15) is 11.6 Å². The first-order valence-electron chi connectivity index (χ1n) is 10.4. The molecule has 2 aromatic carbocycles. The number of ether oxygens (including phenoxy) is 1. The molecule has 3 rings (SSSR count). The number of hydrogen-bond acceptors (Lipinski definition) is 3. The van der Waals surface area contributed by atoms with Gasteiger partial charge in [-0.1, -0.05) is 44.2 Å². The summed E-state index contributed by atoms with van der Waals surface area (Å²) in [7, 11) is 0. The van der Waals surface area contributed by atoms with Crippen molar-refractivity contribution in [3.63, 3.8) is 0 Å². The molecule has 1 amide bonds. The Labute approximate surface area is 173 Å². The van der Waals surface area contributed by atoms with Gasteiger partial charge >= 0.3 is 0 Å². The highest BCUT2D eigenvalue weighted by molar-refractivity contribution is 5.77. The van der Waals surface area contributed by atoms with Gasteiger partial charge in [-0.2, -0.15) is 0 Å². The van der Waals surface area contributed by atoms with Gasteiger partial charge in [-0.15, -0.1) is 0 Å². The molecule has 1 unspecified atom stereocenters. The molecule has 0 fully saturated rings. The average molecular weight is 394 g/mol. The van der Waals surface area contributed by atoms with Crippen LogP contribution in [0.1, 0.15) is 63.9 Å². The first-order valence-corrected chi connectivity index (χ1v) is 10.4. The van der Waals surface area contributed by atoms with E-state index < -0.39 is 0 Å². The van der Waals surface area contributed by atoms with Crippen LogP contribution in [0.15, 0.2) is 48.5 Å². The predicted octanol–water partition coefficient (Wildman–Crippen LogP) is 5.22. The Morgan fingerprint density at radius 1 is 1.07 bits per heavy atom. The number of aryl methyl sites for hydroxylation is 1. The number of fused-ring (bicyclic) bond motifs is 1. The third kappa shape index (κ3) is 5.17. The van der Waals surface area contributed by atoms with Crippen LogP contribution in [0.5, 0.6) is 5.75 Å². The largest absolute Gasteiger partial charge is 0.493 e. The Morgan fingerprint density at radius 2 is 1.79 bits per heavy atom. The molecule has 29 heavy (non-hydrogen) atoms. The van der Waals surface area contributed by atoms with Crippen LogP contribution >= 0.6 is 0 Å². The molecular formula is C24H31N3O2. The monoisotopic (exact) mass is 393 g/mol. The number of nitrogens with one attached hydrogen (secondary N) is 1.